The molecule has 31 heavy (non-hydrogen) atoms. The Bertz CT molecular complexity index is 1390. The SMILES string of the molecule is O=c1cc(-c2cc(Cl)ccc2-n2cnnn2)ccn1Cc1ncc(-c2ccccc2)[nH]1. The number of rotatable bonds is 5. The Balaban J connectivity index is 1.45. The first-order valence-corrected chi connectivity index (χ1v) is 9.88. The minimum Gasteiger partial charge on any atom is -0.340 e. The van der Waals surface area contributed by atoms with Gasteiger partial charge in [-0.3, -0.25) is 4.79 Å². The van der Waals surface area contributed by atoms with E-state index in [0.717, 1.165) is 28.1 Å². The van der Waals surface area contributed by atoms with Crippen LogP contribution in [-0.4, -0.2) is 34.7 Å². The highest BCUT2D eigenvalue weighted by molar-refractivity contribution is 6.31. The van der Waals surface area contributed by atoms with Crippen molar-refractivity contribution in [3.63, 3.8) is 0 Å². The monoisotopic (exact) mass is 429 g/mol. The molecule has 9 heteroatoms. The minimum absolute atomic E-state index is 0.155. The molecule has 3 aromatic heterocycles. The molecule has 5 rings (SSSR count). The van der Waals surface area contributed by atoms with Crippen LogP contribution < -0.4 is 5.56 Å². The van der Waals surface area contributed by atoms with E-state index in [-0.39, 0.29) is 5.56 Å². The van der Waals surface area contributed by atoms with Crippen molar-refractivity contribution in [2.24, 2.45) is 0 Å². The molecule has 8 nitrogen and oxygen atoms in total. The molecule has 2 aromatic carbocycles. The van der Waals surface area contributed by atoms with Crippen molar-refractivity contribution in [3.05, 3.63) is 101 Å². The van der Waals surface area contributed by atoms with E-state index in [1.807, 2.05) is 42.5 Å². The van der Waals surface area contributed by atoms with E-state index in [9.17, 15) is 4.79 Å². The Morgan fingerprint density at radius 2 is 1.87 bits per heavy atom. The zero-order valence-electron chi connectivity index (χ0n) is 16.2. The molecular weight excluding hydrogens is 414 g/mol. The number of hydrogen-bond donors (Lipinski definition) is 1. The number of imidazole rings is 1. The van der Waals surface area contributed by atoms with Crippen LogP contribution in [0.4, 0.5) is 0 Å². The topological polar surface area (TPSA) is 94.3 Å². The quantitative estimate of drug-likeness (QED) is 0.460. The average molecular weight is 430 g/mol. The van der Waals surface area contributed by atoms with Crippen LogP contribution in [0.25, 0.3) is 28.1 Å². The van der Waals surface area contributed by atoms with Gasteiger partial charge in [-0.1, -0.05) is 41.9 Å². The lowest BCUT2D eigenvalue weighted by Gasteiger charge is -2.11. The smallest absolute Gasteiger partial charge is 0.251 e. The molecule has 0 bridgehead atoms. The number of tetrazole rings is 1. The molecular formula is C22H16ClN7O. The minimum atomic E-state index is -0.155. The fourth-order valence-electron chi connectivity index (χ4n) is 3.39. The summed E-state index contributed by atoms with van der Waals surface area (Å²) in [4.78, 5) is 20.5. The summed E-state index contributed by atoms with van der Waals surface area (Å²) in [5, 5.41) is 11.9. The molecule has 0 spiro atoms. The van der Waals surface area contributed by atoms with Crippen LogP contribution in [0.1, 0.15) is 5.82 Å². The van der Waals surface area contributed by atoms with E-state index < -0.39 is 0 Å². The summed E-state index contributed by atoms with van der Waals surface area (Å²) in [5.74, 6) is 0.700. The maximum atomic E-state index is 12.8. The van der Waals surface area contributed by atoms with Crippen molar-refractivity contribution < 1.29 is 0 Å². The Labute approximate surface area is 181 Å². The summed E-state index contributed by atoms with van der Waals surface area (Å²) in [7, 11) is 0. The molecule has 1 N–H and O–H groups in total. The molecule has 0 aliphatic rings. The van der Waals surface area contributed by atoms with Gasteiger partial charge in [-0.2, -0.15) is 4.68 Å². The van der Waals surface area contributed by atoms with Gasteiger partial charge in [-0.05, 0) is 45.8 Å². The second-order valence-electron chi connectivity index (χ2n) is 6.91. The second-order valence-corrected chi connectivity index (χ2v) is 7.34. The summed E-state index contributed by atoms with van der Waals surface area (Å²) >= 11 is 6.20. The van der Waals surface area contributed by atoms with Crippen molar-refractivity contribution >= 4 is 11.6 Å². The Morgan fingerprint density at radius 3 is 2.65 bits per heavy atom. The third-order valence-corrected chi connectivity index (χ3v) is 5.13. The van der Waals surface area contributed by atoms with E-state index >= 15 is 0 Å². The van der Waals surface area contributed by atoms with Gasteiger partial charge in [-0.15, -0.1) is 5.10 Å². The zero-order chi connectivity index (χ0) is 21.2. The third kappa shape index (κ3) is 3.88. The van der Waals surface area contributed by atoms with Crippen molar-refractivity contribution in [2.45, 2.75) is 6.54 Å². The molecule has 0 fully saturated rings. The van der Waals surface area contributed by atoms with Gasteiger partial charge in [0.15, 0.2) is 0 Å². The predicted molar refractivity (Wildman–Crippen MR) is 117 cm³/mol. The van der Waals surface area contributed by atoms with Gasteiger partial charge >= 0.3 is 0 Å². The van der Waals surface area contributed by atoms with Gasteiger partial charge in [0.1, 0.15) is 12.2 Å². The van der Waals surface area contributed by atoms with Crippen LogP contribution in [0.15, 0.2) is 84.2 Å². The summed E-state index contributed by atoms with van der Waals surface area (Å²) < 4.78 is 3.13. The molecule has 3 heterocycles. The lowest BCUT2D eigenvalue weighted by molar-refractivity contribution is 0.725. The molecule has 0 unspecified atom stereocenters. The summed E-state index contributed by atoms with van der Waals surface area (Å²) in [5.41, 5.74) is 4.00. The van der Waals surface area contributed by atoms with Gasteiger partial charge in [0.25, 0.3) is 5.56 Å². The molecule has 0 aliphatic heterocycles. The third-order valence-electron chi connectivity index (χ3n) is 4.89. The maximum absolute atomic E-state index is 12.8. The van der Waals surface area contributed by atoms with Crippen LogP contribution in [0.5, 0.6) is 0 Å². The van der Waals surface area contributed by atoms with Gasteiger partial charge in [-0.25, -0.2) is 4.98 Å². The summed E-state index contributed by atoms with van der Waals surface area (Å²) in [6.07, 6.45) is 5.01. The van der Waals surface area contributed by atoms with Gasteiger partial charge in [0, 0.05) is 22.8 Å². The van der Waals surface area contributed by atoms with Crippen molar-refractivity contribution in [3.8, 4) is 28.1 Å². The highest BCUT2D eigenvalue weighted by Crippen LogP contribution is 2.28. The molecule has 5 aromatic rings. The highest BCUT2D eigenvalue weighted by Gasteiger charge is 2.12. The predicted octanol–water partition coefficient (Wildman–Crippen LogP) is 3.58. The Hall–Kier alpha value is -4.04. The number of nitrogens with one attached hydrogen (secondary N) is 1. The van der Waals surface area contributed by atoms with E-state index in [1.54, 1.807) is 35.2 Å². The van der Waals surface area contributed by atoms with E-state index in [2.05, 4.69) is 25.5 Å². The Kier molecular flexibility index (Phi) is 4.89. The maximum Gasteiger partial charge on any atom is 0.251 e. The molecule has 0 radical (unpaired) electrons. The van der Waals surface area contributed by atoms with Crippen molar-refractivity contribution in [1.82, 2.24) is 34.7 Å². The number of H-pyrrole nitrogens is 1. The lowest BCUT2D eigenvalue weighted by atomic mass is 10.0. The molecule has 0 amide bonds. The average Bonchev–Trinajstić information content (AvgIpc) is 3.48. The number of pyridine rings is 1. The van der Waals surface area contributed by atoms with Gasteiger partial charge in [0.05, 0.1) is 24.1 Å². The van der Waals surface area contributed by atoms with Crippen molar-refractivity contribution in [2.75, 3.05) is 0 Å². The van der Waals surface area contributed by atoms with Gasteiger partial charge in [0.2, 0.25) is 0 Å². The number of aromatic amines is 1. The van der Waals surface area contributed by atoms with Gasteiger partial charge < -0.3 is 9.55 Å². The number of halogens is 1. The number of nitrogens with zero attached hydrogens (tertiary/aromatic N) is 6. The Morgan fingerprint density at radius 1 is 1.00 bits per heavy atom. The molecule has 0 atom stereocenters. The van der Waals surface area contributed by atoms with Crippen LogP contribution in [0, 0.1) is 0 Å². The molecule has 0 saturated heterocycles. The number of hydrogen-bond acceptors (Lipinski definition) is 5. The first-order valence-electron chi connectivity index (χ1n) is 9.50. The first-order chi connectivity index (χ1) is 15.2. The summed E-state index contributed by atoms with van der Waals surface area (Å²) in [6, 6.07) is 18.7. The summed E-state index contributed by atoms with van der Waals surface area (Å²) in [6.45, 7) is 0.335. The fraction of sp³-hybridized carbons (Fsp3) is 0.0455. The van der Waals surface area contributed by atoms with Crippen molar-refractivity contribution in [1.29, 1.82) is 0 Å². The lowest BCUT2D eigenvalue weighted by Crippen LogP contribution is -2.19. The molecule has 152 valence electrons. The first kappa shape index (κ1) is 19.0. The fourth-order valence-corrected chi connectivity index (χ4v) is 3.56. The largest absolute Gasteiger partial charge is 0.340 e. The highest BCUT2D eigenvalue weighted by atomic mass is 35.5. The second kappa shape index (κ2) is 8.00. The molecule has 0 aliphatic carbocycles. The zero-order valence-corrected chi connectivity index (χ0v) is 16.9. The normalized spacial score (nSPS) is 11.0. The number of aromatic nitrogens is 7. The molecule has 0 saturated carbocycles. The number of benzene rings is 2. The van der Waals surface area contributed by atoms with E-state index in [4.69, 9.17) is 11.6 Å². The van der Waals surface area contributed by atoms with Crippen LogP contribution in [-0.2, 0) is 6.54 Å². The van der Waals surface area contributed by atoms with Crippen LogP contribution in [0.3, 0.4) is 0 Å². The van der Waals surface area contributed by atoms with Crippen LogP contribution >= 0.6 is 11.6 Å². The van der Waals surface area contributed by atoms with E-state index in [0.29, 0.717) is 17.4 Å². The standard InChI is InChI=1S/C22H16ClN7O/c23-17-6-7-20(30-14-25-27-28-30)18(11-17)16-8-9-29(22(31)10-16)13-21-24-12-19(26-21)15-4-2-1-3-5-15/h1-12,14H,13H2,(H,24,26). The van der Waals surface area contributed by atoms with Crippen LogP contribution in [0.2, 0.25) is 5.02 Å². The van der Waals surface area contributed by atoms with E-state index in [1.165, 1.54) is 11.0 Å².